The number of fused-ring (bicyclic) bond motifs is 1. The van der Waals surface area contributed by atoms with Crippen molar-refractivity contribution in [1.82, 2.24) is 14.8 Å². The lowest BCUT2D eigenvalue weighted by molar-refractivity contribution is -0.132. The van der Waals surface area contributed by atoms with Crippen LogP contribution in [0.5, 0.6) is 0 Å². The molecular weight excluding hydrogens is 290 g/mol. The van der Waals surface area contributed by atoms with E-state index >= 15 is 0 Å². The fraction of sp³-hybridized carbons (Fsp3) is 0.444. The van der Waals surface area contributed by atoms with Gasteiger partial charge in [0.15, 0.2) is 0 Å². The van der Waals surface area contributed by atoms with Crippen molar-refractivity contribution in [2.75, 3.05) is 26.2 Å². The largest absolute Gasteiger partial charge is 0.339 e. The van der Waals surface area contributed by atoms with Gasteiger partial charge in [0.2, 0.25) is 5.91 Å². The standard InChI is InChI=1S/C18H23N3O2/c1-13(2)14-3-4-16-15(11-14)5-8-21(18(16)23)12-17(22)20-9-6-19-7-10-20/h3-5,8,11,13,19H,6-7,9-10,12H2,1-2H3. The summed E-state index contributed by atoms with van der Waals surface area (Å²) in [6.07, 6.45) is 1.73. The first kappa shape index (κ1) is 15.7. The molecule has 1 aromatic heterocycles. The van der Waals surface area contributed by atoms with E-state index in [0.717, 1.165) is 18.5 Å². The van der Waals surface area contributed by atoms with E-state index in [1.165, 1.54) is 10.1 Å². The van der Waals surface area contributed by atoms with Gasteiger partial charge in [-0.15, -0.1) is 0 Å². The highest BCUT2D eigenvalue weighted by molar-refractivity contribution is 5.83. The van der Waals surface area contributed by atoms with Crippen molar-refractivity contribution >= 4 is 16.7 Å². The predicted molar refractivity (Wildman–Crippen MR) is 91.7 cm³/mol. The molecule has 1 aliphatic rings. The zero-order chi connectivity index (χ0) is 16.4. The molecule has 0 bridgehead atoms. The number of piperazine rings is 1. The summed E-state index contributed by atoms with van der Waals surface area (Å²) in [5.74, 6) is 0.433. The van der Waals surface area contributed by atoms with E-state index in [4.69, 9.17) is 0 Å². The minimum absolute atomic E-state index is 0.00625. The van der Waals surface area contributed by atoms with Crippen LogP contribution in [0.4, 0.5) is 0 Å². The summed E-state index contributed by atoms with van der Waals surface area (Å²) < 4.78 is 1.52. The van der Waals surface area contributed by atoms with Crippen molar-refractivity contribution in [3.63, 3.8) is 0 Å². The Morgan fingerprint density at radius 1 is 1.22 bits per heavy atom. The SMILES string of the molecule is CC(C)c1ccc2c(=O)n(CC(=O)N3CCNCC3)ccc2c1. The Bertz CT molecular complexity index is 773. The summed E-state index contributed by atoms with van der Waals surface area (Å²) in [6, 6.07) is 7.85. The Labute approximate surface area is 135 Å². The molecule has 1 amide bonds. The Morgan fingerprint density at radius 2 is 1.96 bits per heavy atom. The normalized spacial score (nSPS) is 15.3. The van der Waals surface area contributed by atoms with Gasteiger partial charge in [-0.05, 0) is 29.0 Å². The summed E-state index contributed by atoms with van der Waals surface area (Å²) in [4.78, 5) is 26.8. The number of carbonyl (C=O) groups is 1. The highest BCUT2D eigenvalue weighted by Gasteiger charge is 2.17. The van der Waals surface area contributed by atoms with Crippen molar-refractivity contribution in [1.29, 1.82) is 0 Å². The average Bonchev–Trinajstić information content (AvgIpc) is 2.57. The molecule has 1 fully saturated rings. The van der Waals surface area contributed by atoms with Gasteiger partial charge in [0, 0.05) is 37.8 Å². The lowest BCUT2D eigenvalue weighted by atomic mass is 10.0. The molecule has 5 heteroatoms. The lowest BCUT2D eigenvalue weighted by Gasteiger charge is -2.27. The molecule has 0 aliphatic carbocycles. The van der Waals surface area contributed by atoms with Crippen LogP contribution in [0.1, 0.15) is 25.3 Å². The maximum atomic E-state index is 12.6. The number of nitrogens with one attached hydrogen (secondary N) is 1. The molecule has 2 aromatic rings. The van der Waals surface area contributed by atoms with Crippen molar-refractivity contribution < 1.29 is 4.79 Å². The third-order valence-electron chi connectivity index (χ3n) is 4.44. The Balaban J connectivity index is 1.87. The molecule has 1 N–H and O–H groups in total. The fourth-order valence-electron chi connectivity index (χ4n) is 2.95. The molecule has 0 saturated carbocycles. The fourth-order valence-corrected chi connectivity index (χ4v) is 2.95. The van der Waals surface area contributed by atoms with Crippen LogP contribution in [0, 0.1) is 0 Å². The predicted octanol–water partition coefficient (Wildman–Crippen LogP) is 1.56. The van der Waals surface area contributed by atoms with E-state index in [9.17, 15) is 9.59 Å². The number of nitrogens with zero attached hydrogens (tertiary/aromatic N) is 2. The summed E-state index contributed by atoms with van der Waals surface area (Å²) in [5, 5.41) is 4.83. The van der Waals surface area contributed by atoms with Crippen LogP contribution in [0.2, 0.25) is 0 Å². The van der Waals surface area contributed by atoms with E-state index in [1.807, 2.05) is 23.1 Å². The van der Waals surface area contributed by atoms with Gasteiger partial charge in [0.25, 0.3) is 5.56 Å². The van der Waals surface area contributed by atoms with Crippen molar-refractivity contribution in [2.45, 2.75) is 26.3 Å². The van der Waals surface area contributed by atoms with E-state index < -0.39 is 0 Å². The van der Waals surface area contributed by atoms with Crippen LogP contribution in [0.15, 0.2) is 35.3 Å². The summed E-state index contributed by atoms with van der Waals surface area (Å²) in [7, 11) is 0. The van der Waals surface area contributed by atoms with Crippen molar-refractivity contribution in [2.24, 2.45) is 0 Å². The van der Waals surface area contributed by atoms with Gasteiger partial charge in [-0.1, -0.05) is 26.0 Å². The quantitative estimate of drug-likeness (QED) is 0.935. The minimum atomic E-state index is -0.0960. The maximum Gasteiger partial charge on any atom is 0.258 e. The zero-order valence-electron chi connectivity index (χ0n) is 13.7. The molecule has 1 saturated heterocycles. The molecule has 0 radical (unpaired) electrons. The first-order valence-corrected chi connectivity index (χ1v) is 8.18. The van der Waals surface area contributed by atoms with Crippen LogP contribution in [-0.4, -0.2) is 41.6 Å². The molecule has 1 aromatic carbocycles. The van der Waals surface area contributed by atoms with Gasteiger partial charge in [0.05, 0.1) is 0 Å². The van der Waals surface area contributed by atoms with Gasteiger partial charge in [-0.25, -0.2) is 0 Å². The number of amides is 1. The molecule has 5 nitrogen and oxygen atoms in total. The summed E-state index contributed by atoms with van der Waals surface area (Å²) in [6.45, 7) is 7.42. The van der Waals surface area contributed by atoms with Crippen LogP contribution >= 0.6 is 0 Å². The van der Waals surface area contributed by atoms with E-state index in [-0.39, 0.29) is 18.0 Å². The van der Waals surface area contributed by atoms with Crippen LogP contribution < -0.4 is 10.9 Å². The smallest absolute Gasteiger partial charge is 0.258 e. The third kappa shape index (κ3) is 3.29. The number of aromatic nitrogens is 1. The summed E-state index contributed by atoms with van der Waals surface area (Å²) in [5.41, 5.74) is 1.12. The van der Waals surface area contributed by atoms with E-state index in [1.54, 1.807) is 6.20 Å². The first-order chi connectivity index (χ1) is 11.1. The number of rotatable bonds is 3. The Hall–Kier alpha value is -2.14. The molecule has 2 heterocycles. The number of pyridine rings is 1. The van der Waals surface area contributed by atoms with Gasteiger partial charge < -0.3 is 14.8 Å². The highest BCUT2D eigenvalue weighted by atomic mass is 16.2. The van der Waals surface area contributed by atoms with Crippen LogP contribution in [0.25, 0.3) is 10.8 Å². The molecule has 0 spiro atoms. The molecule has 3 rings (SSSR count). The van der Waals surface area contributed by atoms with Gasteiger partial charge in [0.1, 0.15) is 6.54 Å². The third-order valence-corrected chi connectivity index (χ3v) is 4.44. The van der Waals surface area contributed by atoms with Crippen molar-refractivity contribution in [3.8, 4) is 0 Å². The van der Waals surface area contributed by atoms with E-state index in [0.29, 0.717) is 24.4 Å². The maximum absolute atomic E-state index is 12.6. The monoisotopic (exact) mass is 313 g/mol. The van der Waals surface area contributed by atoms with Crippen LogP contribution in [0.3, 0.4) is 0 Å². The lowest BCUT2D eigenvalue weighted by Crippen LogP contribution is -2.48. The van der Waals surface area contributed by atoms with Gasteiger partial charge in [-0.3, -0.25) is 9.59 Å². The molecule has 1 aliphatic heterocycles. The van der Waals surface area contributed by atoms with Gasteiger partial charge in [-0.2, -0.15) is 0 Å². The molecule has 122 valence electrons. The average molecular weight is 313 g/mol. The molecule has 0 unspecified atom stereocenters. The molecular formula is C18H23N3O2. The number of carbonyl (C=O) groups excluding carboxylic acids is 1. The minimum Gasteiger partial charge on any atom is -0.339 e. The second kappa shape index (κ2) is 6.54. The molecule has 23 heavy (non-hydrogen) atoms. The topological polar surface area (TPSA) is 54.3 Å². The number of hydrogen-bond donors (Lipinski definition) is 1. The summed E-state index contributed by atoms with van der Waals surface area (Å²) >= 11 is 0. The highest BCUT2D eigenvalue weighted by Crippen LogP contribution is 2.19. The Morgan fingerprint density at radius 3 is 2.65 bits per heavy atom. The van der Waals surface area contributed by atoms with Gasteiger partial charge >= 0.3 is 0 Å². The Kier molecular flexibility index (Phi) is 4.48. The molecule has 0 atom stereocenters. The number of hydrogen-bond acceptors (Lipinski definition) is 3. The zero-order valence-corrected chi connectivity index (χ0v) is 13.7. The van der Waals surface area contributed by atoms with Crippen LogP contribution in [-0.2, 0) is 11.3 Å². The second-order valence-electron chi connectivity index (χ2n) is 6.38. The first-order valence-electron chi connectivity index (χ1n) is 8.18. The second-order valence-corrected chi connectivity index (χ2v) is 6.38. The van der Waals surface area contributed by atoms with Crippen molar-refractivity contribution in [3.05, 3.63) is 46.4 Å². The van der Waals surface area contributed by atoms with E-state index in [2.05, 4.69) is 25.2 Å². The number of benzene rings is 1.